The summed E-state index contributed by atoms with van der Waals surface area (Å²) in [5.74, 6) is -2.11. The van der Waals surface area contributed by atoms with E-state index in [0.29, 0.717) is 11.6 Å². The van der Waals surface area contributed by atoms with E-state index in [-0.39, 0.29) is 12.2 Å². The molecule has 1 saturated heterocycles. The van der Waals surface area contributed by atoms with Gasteiger partial charge in [-0.3, -0.25) is 9.69 Å². The lowest BCUT2D eigenvalue weighted by Crippen LogP contribution is -2.42. The molecule has 3 rings (SSSR count). The van der Waals surface area contributed by atoms with Crippen LogP contribution in [-0.4, -0.2) is 75.2 Å². The summed E-state index contributed by atoms with van der Waals surface area (Å²) in [4.78, 5) is 27.2. The van der Waals surface area contributed by atoms with Crippen molar-refractivity contribution in [1.29, 1.82) is 0 Å². The number of methoxy groups -OCH3 is 1. The minimum atomic E-state index is -3.35. The van der Waals surface area contributed by atoms with Crippen LogP contribution in [0.25, 0.3) is 11.1 Å². The highest BCUT2D eigenvalue weighted by molar-refractivity contribution is 7.90. The van der Waals surface area contributed by atoms with Crippen LogP contribution in [0.1, 0.15) is 88.2 Å². The summed E-state index contributed by atoms with van der Waals surface area (Å²) in [5, 5.41) is 12.0. The molecule has 1 fully saturated rings. The van der Waals surface area contributed by atoms with Crippen LogP contribution in [0.5, 0.6) is 0 Å². The van der Waals surface area contributed by atoms with Crippen molar-refractivity contribution in [1.82, 2.24) is 10.2 Å². The molecule has 2 aromatic carbocycles. The summed E-state index contributed by atoms with van der Waals surface area (Å²) in [6.07, 6.45) is 5.85. The number of benzene rings is 2. The van der Waals surface area contributed by atoms with E-state index in [1.54, 1.807) is 20.3 Å². The van der Waals surface area contributed by atoms with Crippen molar-refractivity contribution in [3.8, 4) is 11.1 Å². The Labute approximate surface area is 254 Å². The number of hydrogen-bond donors (Lipinski definition) is 2. The Bertz CT molecular complexity index is 1180. The van der Waals surface area contributed by atoms with Crippen molar-refractivity contribution >= 4 is 21.7 Å². The number of aliphatic carboxylic acids is 1. The summed E-state index contributed by atoms with van der Waals surface area (Å²) < 4.78 is 27.2. The molecule has 1 aliphatic heterocycles. The first-order chi connectivity index (χ1) is 19.9. The molecule has 42 heavy (non-hydrogen) atoms. The minimum absolute atomic E-state index is 0.190. The van der Waals surface area contributed by atoms with Crippen molar-refractivity contribution in [3.63, 3.8) is 0 Å². The van der Waals surface area contributed by atoms with E-state index in [2.05, 4.69) is 35.7 Å². The summed E-state index contributed by atoms with van der Waals surface area (Å²) in [5.41, 5.74) is 4.10. The minimum Gasteiger partial charge on any atom is -0.480 e. The predicted molar refractivity (Wildman–Crippen MR) is 174 cm³/mol. The van der Waals surface area contributed by atoms with Crippen molar-refractivity contribution in [2.45, 2.75) is 92.3 Å². The molecule has 0 saturated carbocycles. The predicted octanol–water partition coefficient (Wildman–Crippen LogP) is 6.36. The molecule has 1 amide bonds. The van der Waals surface area contributed by atoms with Gasteiger partial charge in [-0.25, -0.2) is 13.2 Å². The van der Waals surface area contributed by atoms with Gasteiger partial charge in [0, 0.05) is 38.6 Å². The second kappa shape index (κ2) is 21.0. The van der Waals surface area contributed by atoms with E-state index in [9.17, 15) is 23.1 Å². The van der Waals surface area contributed by atoms with Gasteiger partial charge in [0.15, 0.2) is 0 Å². The molecule has 0 spiro atoms. The van der Waals surface area contributed by atoms with Gasteiger partial charge in [-0.1, -0.05) is 70.9 Å². The monoisotopic (exact) mass is 606 g/mol. The highest BCUT2D eigenvalue weighted by Gasteiger charge is 2.25. The third-order valence-electron chi connectivity index (χ3n) is 6.72. The van der Waals surface area contributed by atoms with E-state index >= 15 is 0 Å². The number of carboxylic acid groups (broad SMARTS) is 1. The second-order valence-corrected chi connectivity index (χ2v) is 12.6. The summed E-state index contributed by atoms with van der Waals surface area (Å²) in [6, 6.07) is 12.6. The molecule has 2 atom stereocenters. The molecule has 0 aliphatic carbocycles. The molecule has 2 N–H and O–H groups in total. The zero-order chi connectivity index (χ0) is 32.3. The number of sulfone groups is 1. The number of unbranched alkanes of at least 4 members (excludes halogenated alkanes) is 1. The third kappa shape index (κ3) is 14.4. The molecule has 9 heteroatoms. The maximum atomic E-state index is 13.2. The van der Waals surface area contributed by atoms with Crippen LogP contribution in [0.15, 0.2) is 42.5 Å². The van der Waals surface area contributed by atoms with Gasteiger partial charge in [0.25, 0.3) is 5.91 Å². The Hall–Kier alpha value is -2.75. The van der Waals surface area contributed by atoms with Gasteiger partial charge in [0.1, 0.15) is 15.9 Å². The van der Waals surface area contributed by atoms with E-state index in [0.717, 1.165) is 41.6 Å². The van der Waals surface area contributed by atoms with Crippen LogP contribution in [0.3, 0.4) is 0 Å². The average molecular weight is 607 g/mol. The maximum absolute atomic E-state index is 13.2. The van der Waals surface area contributed by atoms with E-state index in [4.69, 9.17) is 0 Å². The van der Waals surface area contributed by atoms with E-state index < -0.39 is 27.8 Å². The summed E-state index contributed by atoms with van der Waals surface area (Å²) in [7, 11) is -0.101. The number of amides is 1. The van der Waals surface area contributed by atoms with Crippen molar-refractivity contribution in [2.24, 2.45) is 0 Å². The lowest BCUT2D eigenvalue weighted by atomic mass is 9.93. The Morgan fingerprint density at radius 2 is 1.67 bits per heavy atom. The lowest BCUT2D eigenvalue weighted by molar-refractivity contribution is -0.139. The Morgan fingerprint density at radius 1 is 1.07 bits per heavy atom. The SMILES string of the molecule is CC.CCCC.COC.Cc1ccccc1-c1cc(CN2CCCC2C)ccc1C(=O)NC(CCS(C)(=O)=O)C(=O)O. The van der Waals surface area contributed by atoms with Gasteiger partial charge in [0.2, 0.25) is 0 Å². The zero-order valence-electron chi connectivity index (χ0n) is 27.2. The fourth-order valence-electron chi connectivity index (χ4n) is 4.27. The fourth-order valence-corrected chi connectivity index (χ4v) is 4.94. The van der Waals surface area contributed by atoms with Crippen LogP contribution in [0, 0.1) is 6.92 Å². The molecule has 0 radical (unpaired) electrons. The van der Waals surface area contributed by atoms with E-state index in [1.807, 2.05) is 57.2 Å². The first-order valence-electron chi connectivity index (χ1n) is 14.9. The molecule has 2 unspecified atom stereocenters. The van der Waals surface area contributed by atoms with Crippen LogP contribution in [0.4, 0.5) is 0 Å². The van der Waals surface area contributed by atoms with Crippen LogP contribution in [-0.2, 0) is 25.9 Å². The number of rotatable bonds is 10. The second-order valence-electron chi connectivity index (χ2n) is 10.3. The van der Waals surface area contributed by atoms with Gasteiger partial charge in [0.05, 0.1) is 5.75 Å². The smallest absolute Gasteiger partial charge is 0.326 e. The molecular formula is C33H54N2O6S. The summed E-state index contributed by atoms with van der Waals surface area (Å²) >= 11 is 0. The molecule has 0 bridgehead atoms. The number of hydrogen-bond acceptors (Lipinski definition) is 6. The first kappa shape index (κ1) is 39.2. The van der Waals surface area contributed by atoms with Gasteiger partial charge < -0.3 is 15.2 Å². The normalized spacial score (nSPS) is 15.1. The number of aryl methyl sites for hydroxylation is 1. The van der Waals surface area contributed by atoms with Crippen molar-refractivity contribution in [3.05, 3.63) is 59.2 Å². The Morgan fingerprint density at radius 3 is 2.14 bits per heavy atom. The average Bonchev–Trinajstić information content (AvgIpc) is 3.36. The molecule has 8 nitrogen and oxygen atoms in total. The number of nitrogens with zero attached hydrogens (tertiary/aromatic N) is 1. The molecule has 238 valence electrons. The number of carbonyl (C=O) groups is 2. The van der Waals surface area contributed by atoms with E-state index in [1.165, 1.54) is 25.7 Å². The molecular weight excluding hydrogens is 552 g/mol. The van der Waals surface area contributed by atoms with Crippen molar-refractivity contribution in [2.75, 3.05) is 32.8 Å². The quantitative estimate of drug-likeness (QED) is 0.324. The van der Waals surface area contributed by atoms with Crippen molar-refractivity contribution < 1.29 is 27.9 Å². The molecule has 0 aromatic heterocycles. The number of carboxylic acids is 1. The number of likely N-dealkylation sites (tertiary alicyclic amines) is 1. The Kier molecular flexibility index (Phi) is 19.6. The van der Waals surface area contributed by atoms with Crippen LogP contribution >= 0.6 is 0 Å². The highest BCUT2D eigenvalue weighted by Crippen LogP contribution is 2.30. The maximum Gasteiger partial charge on any atom is 0.326 e. The summed E-state index contributed by atoms with van der Waals surface area (Å²) in [6.45, 7) is 14.4. The topological polar surface area (TPSA) is 113 Å². The highest BCUT2D eigenvalue weighted by atomic mass is 32.2. The largest absolute Gasteiger partial charge is 0.480 e. The Balaban J connectivity index is 0.00000166. The zero-order valence-corrected chi connectivity index (χ0v) is 28.0. The standard InChI is InChI=1S/C25H32N2O5S.C4H10.C2H6O.C2H6/c1-17-7-4-5-9-20(17)22-15-19(16-27-13-6-8-18(27)2)10-11-21(22)24(28)26-23(25(29)30)12-14-33(3,31)32;1-3-4-2;1-3-2;1-2/h4-5,7,9-11,15,18,23H,6,8,12-14,16H2,1-3H3,(H,26,28)(H,29,30);3-4H2,1-2H3;1-2H3;1-2H3. The first-order valence-corrected chi connectivity index (χ1v) is 17.0. The van der Waals surface area contributed by atoms with Gasteiger partial charge in [-0.2, -0.15) is 0 Å². The van der Waals surface area contributed by atoms with Crippen LogP contribution < -0.4 is 5.32 Å². The third-order valence-corrected chi connectivity index (χ3v) is 7.70. The molecule has 1 heterocycles. The van der Waals surface area contributed by atoms with Crippen LogP contribution in [0.2, 0.25) is 0 Å². The number of carbonyl (C=O) groups excluding carboxylic acids is 1. The number of ether oxygens (including phenoxy) is 1. The van der Waals surface area contributed by atoms with Gasteiger partial charge in [-0.05, 0) is 74.0 Å². The fraction of sp³-hybridized carbons (Fsp3) is 0.576. The number of nitrogens with one attached hydrogen (secondary N) is 1. The van der Waals surface area contributed by atoms with Gasteiger partial charge >= 0.3 is 5.97 Å². The lowest BCUT2D eigenvalue weighted by Gasteiger charge is -2.22. The molecule has 2 aromatic rings. The molecule has 1 aliphatic rings. The van der Waals surface area contributed by atoms with Gasteiger partial charge in [-0.15, -0.1) is 0 Å².